The quantitative estimate of drug-likeness (QED) is 0.898. The molecule has 20 heavy (non-hydrogen) atoms. The van der Waals surface area contributed by atoms with Gasteiger partial charge in [-0.25, -0.2) is 4.39 Å². The summed E-state index contributed by atoms with van der Waals surface area (Å²) in [5.41, 5.74) is 6.30. The van der Waals surface area contributed by atoms with Crippen molar-refractivity contribution in [2.75, 3.05) is 13.7 Å². The minimum absolute atomic E-state index is 0.337. The van der Waals surface area contributed by atoms with Crippen LogP contribution in [-0.4, -0.2) is 13.7 Å². The molecule has 0 heterocycles. The van der Waals surface area contributed by atoms with Gasteiger partial charge in [-0.2, -0.15) is 0 Å². The first-order valence-electron chi connectivity index (χ1n) is 6.13. The highest BCUT2D eigenvalue weighted by atomic mass is 79.9. The van der Waals surface area contributed by atoms with Gasteiger partial charge in [-0.05, 0) is 64.8 Å². The molecule has 106 valence electrons. The maximum absolute atomic E-state index is 13.5. The molecule has 0 bridgehead atoms. The Balaban J connectivity index is 2.25. The first-order valence-corrected chi connectivity index (χ1v) is 6.92. The monoisotopic (exact) mass is 339 g/mol. The van der Waals surface area contributed by atoms with Crippen molar-refractivity contribution >= 4 is 15.9 Å². The third-order valence-electron chi connectivity index (χ3n) is 2.73. The van der Waals surface area contributed by atoms with Crippen molar-refractivity contribution in [1.82, 2.24) is 0 Å². The molecule has 3 nitrogen and oxygen atoms in total. The molecule has 5 heteroatoms. The average molecular weight is 340 g/mol. The fourth-order valence-corrected chi connectivity index (χ4v) is 2.25. The lowest BCUT2D eigenvalue weighted by Gasteiger charge is -2.10. The van der Waals surface area contributed by atoms with Gasteiger partial charge in [0.2, 0.25) is 0 Å². The van der Waals surface area contributed by atoms with Gasteiger partial charge >= 0.3 is 0 Å². The van der Waals surface area contributed by atoms with E-state index in [2.05, 4.69) is 15.9 Å². The highest BCUT2D eigenvalue weighted by Gasteiger charge is 2.07. The number of hydrogen-bond donors (Lipinski definition) is 1. The molecule has 2 aromatic rings. The highest BCUT2D eigenvalue weighted by molar-refractivity contribution is 9.10. The molecule has 0 saturated heterocycles. The molecule has 0 spiro atoms. The second-order valence-electron chi connectivity index (χ2n) is 4.23. The van der Waals surface area contributed by atoms with E-state index < -0.39 is 0 Å². The Kier molecular flexibility index (Phi) is 4.98. The Morgan fingerprint density at radius 2 is 1.95 bits per heavy atom. The molecule has 0 aromatic heterocycles. The van der Waals surface area contributed by atoms with Crippen LogP contribution in [0.1, 0.15) is 5.56 Å². The van der Waals surface area contributed by atoms with Crippen LogP contribution in [0.15, 0.2) is 40.9 Å². The van der Waals surface area contributed by atoms with Crippen molar-refractivity contribution < 1.29 is 13.9 Å². The van der Waals surface area contributed by atoms with Gasteiger partial charge in [0.05, 0.1) is 11.6 Å². The maximum Gasteiger partial charge on any atom is 0.141 e. The molecule has 0 unspecified atom stereocenters. The lowest BCUT2D eigenvalue weighted by molar-refractivity contribution is 0.412. The van der Waals surface area contributed by atoms with Crippen LogP contribution in [0.3, 0.4) is 0 Å². The van der Waals surface area contributed by atoms with Gasteiger partial charge in [0.25, 0.3) is 0 Å². The molecule has 0 radical (unpaired) electrons. The van der Waals surface area contributed by atoms with Gasteiger partial charge < -0.3 is 15.2 Å². The van der Waals surface area contributed by atoms with E-state index in [-0.39, 0.29) is 5.82 Å². The highest BCUT2D eigenvalue weighted by Crippen LogP contribution is 2.33. The Bertz CT molecular complexity index is 604. The first-order chi connectivity index (χ1) is 9.62. The Morgan fingerprint density at radius 3 is 2.60 bits per heavy atom. The molecule has 2 N–H and O–H groups in total. The topological polar surface area (TPSA) is 44.5 Å². The van der Waals surface area contributed by atoms with E-state index in [1.54, 1.807) is 31.4 Å². The summed E-state index contributed by atoms with van der Waals surface area (Å²) in [5, 5.41) is 0. The number of nitrogens with two attached hydrogens (primary N) is 1. The minimum atomic E-state index is -0.337. The van der Waals surface area contributed by atoms with Crippen LogP contribution >= 0.6 is 15.9 Å². The molecule has 0 aliphatic heterocycles. The normalized spacial score (nSPS) is 10.4. The number of benzene rings is 2. The molecule has 0 aliphatic rings. The Hall–Kier alpha value is -1.59. The number of methoxy groups -OCH3 is 1. The number of halogens is 2. The Morgan fingerprint density at radius 1 is 1.15 bits per heavy atom. The zero-order valence-electron chi connectivity index (χ0n) is 11.0. The van der Waals surface area contributed by atoms with Crippen molar-refractivity contribution in [2.45, 2.75) is 6.42 Å². The fourth-order valence-electron chi connectivity index (χ4n) is 1.81. The van der Waals surface area contributed by atoms with E-state index in [0.717, 1.165) is 10.0 Å². The lowest BCUT2D eigenvalue weighted by Crippen LogP contribution is -2.03. The second-order valence-corrected chi connectivity index (χ2v) is 5.09. The first kappa shape index (κ1) is 14.8. The van der Waals surface area contributed by atoms with Crippen LogP contribution < -0.4 is 15.2 Å². The van der Waals surface area contributed by atoms with Crippen molar-refractivity contribution in [3.8, 4) is 17.2 Å². The molecule has 2 rings (SSSR count). The van der Waals surface area contributed by atoms with Crippen LogP contribution in [0.4, 0.5) is 4.39 Å². The molecule has 0 atom stereocenters. The predicted molar refractivity (Wildman–Crippen MR) is 79.9 cm³/mol. The van der Waals surface area contributed by atoms with Gasteiger partial charge in [-0.3, -0.25) is 0 Å². The molecule has 0 fully saturated rings. The Labute approximate surface area is 125 Å². The van der Waals surface area contributed by atoms with Crippen LogP contribution in [0.5, 0.6) is 17.2 Å². The SMILES string of the molecule is COc1ccc(Oc2cc(F)cc(CCN)c2)c(Br)c1. The number of rotatable bonds is 5. The van der Waals surface area contributed by atoms with Crippen LogP contribution in [-0.2, 0) is 6.42 Å². The van der Waals surface area contributed by atoms with Gasteiger partial charge in [0.1, 0.15) is 23.1 Å². The summed E-state index contributed by atoms with van der Waals surface area (Å²) < 4.78 is 25.1. The van der Waals surface area contributed by atoms with Gasteiger partial charge in [-0.15, -0.1) is 0 Å². The van der Waals surface area contributed by atoms with Crippen LogP contribution in [0.25, 0.3) is 0 Å². The van der Waals surface area contributed by atoms with Crippen LogP contribution in [0.2, 0.25) is 0 Å². The van der Waals surface area contributed by atoms with Crippen LogP contribution in [0, 0.1) is 5.82 Å². The molecule has 2 aromatic carbocycles. The molecule has 0 aliphatic carbocycles. The third-order valence-corrected chi connectivity index (χ3v) is 3.35. The zero-order chi connectivity index (χ0) is 14.5. The second kappa shape index (κ2) is 6.72. The van der Waals surface area contributed by atoms with E-state index in [0.29, 0.717) is 30.2 Å². The standard InChI is InChI=1S/C15H15BrFNO2/c1-19-12-2-3-15(14(16)9-12)20-13-7-10(4-5-18)6-11(17)8-13/h2-3,6-9H,4-5,18H2,1H3. The van der Waals surface area contributed by atoms with E-state index in [1.807, 2.05) is 0 Å². The maximum atomic E-state index is 13.5. The summed E-state index contributed by atoms with van der Waals surface area (Å²) in [6.07, 6.45) is 0.609. The van der Waals surface area contributed by atoms with Gasteiger partial charge in [0, 0.05) is 6.07 Å². The van der Waals surface area contributed by atoms with Gasteiger partial charge in [-0.1, -0.05) is 0 Å². The zero-order valence-corrected chi connectivity index (χ0v) is 12.6. The number of hydrogen-bond acceptors (Lipinski definition) is 3. The van der Waals surface area contributed by atoms with E-state index in [1.165, 1.54) is 12.1 Å². The summed E-state index contributed by atoms with van der Waals surface area (Å²) in [7, 11) is 1.59. The smallest absolute Gasteiger partial charge is 0.141 e. The van der Waals surface area contributed by atoms with Crippen molar-refractivity contribution in [1.29, 1.82) is 0 Å². The molecule has 0 amide bonds. The van der Waals surface area contributed by atoms with E-state index in [9.17, 15) is 4.39 Å². The molecular formula is C15H15BrFNO2. The third kappa shape index (κ3) is 3.71. The predicted octanol–water partition coefficient (Wildman–Crippen LogP) is 3.89. The summed E-state index contributed by atoms with van der Waals surface area (Å²) in [4.78, 5) is 0. The fraction of sp³-hybridized carbons (Fsp3) is 0.200. The van der Waals surface area contributed by atoms with Crippen molar-refractivity contribution in [3.05, 3.63) is 52.3 Å². The molecular weight excluding hydrogens is 325 g/mol. The minimum Gasteiger partial charge on any atom is -0.497 e. The van der Waals surface area contributed by atoms with E-state index >= 15 is 0 Å². The summed E-state index contributed by atoms with van der Waals surface area (Å²) in [5.74, 6) is 1.41. The van der Waals surface area contributed by atoms with E-state index in [4.69, 9.17) is 15.2 Å². The van der Waals surface area contributed by atoms with Crippen molar-refractivity contribution in [3.63, 3.8) is 0 Å². The summed E-state index contributed by atoms with van der Waals surface area (Å²) in [6.45, 7) is 0.467. The van der Waals surface area contributed by atoms with Gasteiger partial charge in [0.15, 0.2) is 0 Å². The average Bonchev–Trinajstić information content (AvgIpc) is 2.41. The summed E-state index contributed by atoms with van der Waals surface area (Å²) >= 11 is 3.39. The largest absolute Gasteiger partial charge is 0.497 e. The number of ether oxygens (including phenoxy) is 2. The van der Waals surface area contributed by atoms with Crippen molar-refractivity contribution in [2.24, 2.45) is 5.73 Å². The molecule has 0 saturated carbocycles. The summed E-state index contributed by atoms with van der Waals surface area (Å²) in [6, 6.07) is 9.91. The lowest BCUT2D eigenvalue weighted by atomic mass is 10.1.